The Hall–Kier alpha value is -5.35. The molecule has 2 aromatic carbocycles. The Morgan fingerprint density at radius 3 is 2.29 bits per heavy atom. The summed E-state index contributed by atoms with van der Waals surface area (Å²) in [4.78, 5) is 64.6. The second kappa shape index (κ2) is 20.7. The molecule has 3 saturated heterocycles. The molecule has 0 spiro atoms. The van der Waals surface area contributed by atoms with Gasteiger partial charge in [0.15, 0.2) is 6.73 Å². The van der Waals surface area contributed by atoms with Crippen LogP contribution in [0.1, 0.15) is 86.8 Å². The summed E-state index contributed by atoms with van der Waals surface area (Å²) in [5.41, 5.74) is 3.79. The van der Waals surface area contributed by atoms with E-state index < -0.39 is 11.5 Å². The maximum atomic E-state index is 14.6. The Kier molecular flexibility index (Phi) is 14.5. The summed E-state index contributed by atoms with van der Waals surface area (Å²) < 4.78 is 20.9. The maximum absolute atomic E-state index is 14.6. The van der Waals surface area contributed by atoms with Crippen molar-refractivity contribution in [2.75, 3.05) is 72.8 Å². The van der Waals surface area contributed by atoms with Crippen LogP contribution in [0.15, 0.2) is 78.8 Å². The number of aromatic nitrogens is 3. The van der Waals surface area contributed by atoms with E-state index in [-0.39, 0.29) is 55.1 Å². The summed E-state index contributed by atoms with van der Waals surface area (Å²) in [6, 6.07) is 13.4. The van der Waals surface area contributed by atoms with Crippen molar-refractivity contribution in [3.63, 3.8) is 0 Å². The van der Waals surface area contributed by atoms with Gasteiger partial charge in [0.1, 0.15) is 19.6 Å². The number of likely N-dealkylation sites (tertiary alicyclic amines) is 2. The molecule has 1 N–H and O–H groups in total. The number of carbonyl (C=O) groups excluding carboxylic acids is 3. The molecule has 3 amide bonds. The van der Waals surface area contributed by atoms with Crippen LogP contribution in [-0.2, 0) is 43.7 Å². The van der Waals surface area contributed by atoms with Crippen LogP contribution >= 0.6 is 0 Å². The van der Waals surface area contributed by atoms with Crippen LogP contribution in [0.5, 0.6) is 0 Å². The van der Waals surface area contributed by atoms with E-state index in [0.29, 0.717) is 64.5 Å². The van der Waals surface area contributed by atoms with Crippen molar-refractivity contribution in [3.8, 4) is 0 Å². The molecule has 364 valence electrons. The van der Waals surface area contributed by atoms with Gasteiger partial charge in [-0.15, -0.1) is 13.2 Å². The van der Waals surface area contributed by atoms with Gasteiger partial charge in [0.2, 0.25) is 5.91 Å². The third-order valence-electron chi connectivity index (χ3n) is 15.5. The standard InChI is InChI=1S/C53H70N8O7/c1-5-15-52(17-18-52)34-66-37-67-36-61-46-10-8-7-9-41(46)32-44(48(61)62)40-11-23-59(24-12-40)51(65)54-45(49(63)58-27-25-57(26-28-58)43-13-21-56(4)22-14-43)31-39-29-38(3)47-42(30-39)33-60(55-47)35-68-50(64)53(16-6-2)19-20-53/h5-10,29-30,32-33,40,43,45H,1-2,11-28,31,34-37H2,3-4H3,(H,54,65)/t45-/m1/s1. The smallest absolute Gasteiger partial charge is 0.318 e. The highest BCUT2D eigenvalue weighted by molar-refractivity contribution is 5.88. The molecule has 3 aliphatic heterocycles. The average molecular weight is 931 g/mol. The molecule has 5 aliphatic rings. The fraction of sp³-hybridized carbons (Fsp3) is 0.566. The first-order valence-electron chi connectivity index (χ1n) is 24.9. The van der Waals surface area contributed by atoms with Crippen LogP contribution in [0, 0.1) is 17.8 Å². The lowest BCUT2D eigenvalue weighted by Gasteiger charge is -2.43. The Morgan fingerprint density at radius 1 is 0.853 bits per heavy atom. The fourth-order valence-electron chi connectivity index (χ4n) is 10.9. The first kappa shape index (κ1) is 47.7. The van der Waals surface area contributed by atoms with Gasteiger partial charge in [0.05, 0.1) is 23.1 Å². The molecule has 1 atom stereocenters. The molecular formula is C53H70N8O7. The summed E-state index contributed by atoms with van der Waals surface area (Å²) in [6.07, 6.45) is 14.8. The monoisotopic (exact) mass is 931 g/mol. The second-order valence-electron chi connectivity index (χ2n) is 20.4. The van der Waals surface area contributed by atoms with Crippen LogP contribution in [0.3, 0.4) is 0 Å². The molecule has 2 aliphatic carbocycles. The number of amides is 3. The number of benzene rings is 2. The quantitative estimate of drug-likeness (QED) is 0.0476. The van der Waals surface area contributed by atoms with Gasteiger partial charge in [-0.1, -0.05) is 36.4 Å². The average Bonchev–Trinajstić information content (AvgIpc) is 4.27. The fourth-order valence-corrected chi connectivity index (χ4v) is 10.9. The summed E-state index contributed by atoms with van der Waals surface area (Å²) in [7, 11) is 2.17. The zero-order valence-electron chi connectivity index (χ0n) is 40.2. The maximum Gasteiger partial charge on any atom is 0.318 e. The molecule has 2 saturated carbocycles. The number of pyridine rings is 1. The molecule has 5 fully saturated rings. The molecule has 5 heterocycles. The minimum atomic E-state index is -0.795. The topological polar surface area (TPSA) is 144 Å². The Bertz CT molecular complexity index is 2540. The Labute approximate surface area is 400 Å². The number of para-hydroxylation sites is 1. The van der Waals surface area contributed by atoms with Gasteiger partial charge in [-0.3, -0.25) is 23.9 Å². The Balaban J connectivity index is 0.865. The zero-order chi connectivity index (χ0) is 47.4. The number of esters is 1. The lowest BCUT2D eigenvalue weighted by molar-refractivity contribution is -0.154. The van der Waals surface area contributed by atoms with E-state index in [1.54, 1.807) is 20.2 Å². The number of hydrogen-bond donors (Lipinski definition) is 1. The van der Waals surface area contributed by atoms with Gasteiger partial charge in [-0.2, -0.15) is 5.10 Å². The lowest BCUT2D eigenvalue weighted by Crippen LogP contribution is -2.59. The zero-order valence-corrected chi connectivity index (χ0v) is 40.2. The summed E-state index contributed by atoms with van der Waals surface area (Å²) >= 11 is 0. The molecule has 9 rings (SSSR count). The highest BCUT2D eigenvalue weighted by atomic mass is 16.7. The van der Waals surface area contributed by atoms with Gasteiger partial charge in [0, 0.05) is 68.9 Å². The lowest BCUT2D eigenvalue weighted by atomic mass is 9.89. The number of rotatable bonds is 19. The molecule has 4 aromatic rings. The van der Waals surface area contributed by atoms with Gasteiger partial charge in [0.25, 0.3) is 5.56 Å². The van der Waals surface area contributed by atoms with E-state index in [1.807, 2.05) is 66.6 Å². The van der Waals surface area contributed by atoms with Crippen LogP contribution < -0.4 is 10.9 Å². The van der Waals surface area contributed by atoms with Crippen LogP contribution in [-0.4, -0.2) is 137 Å². The van der Waals surface area contributed by atoms with Crippen LogP contribution in [0.2, 0.25) is 0 Å². The van der Waals surface area contributed by atoms with Crippen molar-refractivity contribution in [1.82, 2.24) is 39.3 Å². The number of carbonyl (C=O) groups is 3. The Morgan fingerprint density at radius 2 is 1.59 bits per heavy atom. The van der Waals surface area contributed by atoms with Crippen molar-refractivity contribution < 1.29 is 28.6 Å². The number of hydrogen-bond acceptors (Lipinski definition) is 10. The second-order valence-corrected chi connectivity index (χ2v) is 20.4. The molecule has 0 unspecified atom stereocenters. The van der Waals surface area contributed by atoms with E-state index in [1.165, 1.54) is 0 Å². The number of nitrogens with zero attached hydrogens (tertiary/aromatic N) is 7. The number of ether oxygens (including phenoxy) is 3. The van der Waals surface area contributed by atoms with Crippen LogP contribution in [0.25, 0.3) is 21.8 Å². The van der Waals surface area contributed by atoms with Crippen molar-refractivity contribution in [2.24, 2.45) is 10.8 Å². The van der Waals surface area contributed by atoms with Gasteiger partial charge in [-0.05, 0) is 137 Å². The molecule has 0 radical (unpaired) electrons. The summed E-state index contributed by atoms with van der Waals surface area (Å²) in [5.74, 6) is -0.353. The van der Waals surface area contributed by atoms with Crippen molar-refractivity contribution in [3.05, 3.63) is 101 Å². The SMILES string of the molecule is C=CCC1(COCOCn2c(=O)c(C3CCN(C(=O)N[C@H](Cc4cc(C)c5nn(COC(=O)C6(CC=C)CC6)cc5c4)C(=O)N4CCN(C5CCN(C)CC5)CC4)CC3)cc3ccccc32)CC1. The third kappa shape index (κ3) is 10.8. The van der Waals surface area contributed by atoms with Gasteiger partial charge < -0.3 is 34.2 Å². The largest absolute Gasteiger partial charge is 0.442 e. The minimum Gasteiger partial charge on any atom is -0.442 e. The predicted octanol–water partition coefficient (Wildman–Crippen LogP) is 6.56. The number of piperazine rings is 1. The molecule has 15 heteroatoms. The minimum absolute atomic E-state index is 0.0108. The highest BCUT2D eigenvalue weighted by Crippen LogP contribution is 2.50. The van der Waals surface area contributed by atoms with Gasteiger partial charge in [-0.25, -0.2) is 9.48 Å². The van der Waals surface area contributed by atoms with E-state index in [9.17, 15) is 19.2 Å². The van der Waals surface area contributed by atoms with Crippen molar-refractivity contribution in [1.29, 1.82) is 0 Å². The molecule has 0 bridgehead atoms. The molecular weight excluding hydrogens is 861 g/mol. The summed E-state index contributed by atoms with van der Waals surface area (Å²) in [5, 5.41) is 9.75. The number of nitrogens with one attached hydrogen (secondary N) is 1. The van der Waals surface area contributed by atoms with Gasteiger partial charge >= 0.3 is 12.0 Å². The predicted molar refractivity (Wildman–Crippen MR) is 262 cm³/mol. The number of aryl methyl sites for hydroxylation is 1. The normalized spacial score (nSPS) is 20.3. The first-order chi connectivity index (χ1) is 33.0. The third-order valence-corrected chi connectivity index (χ3v) is 15.5. The van der Waals surface area contributed by atoms with E-state index >= 15 is 0 Å². The highest BCUT2D eigenvalue weighted by Gasteiger charge is 2.50. The van der Waals surface area contributed by atoms with Crippen LogP contribution in [0.4, 0.5) is 4.79 Å². The molecule has 68 heavy (non-hydrogen) atoms. The number of allylic oxidation sites excluding steroid dienone is 2. The number of piperidine rings is 2. The van der Waals surface area contributed by atoms with Crippen molar-refractivity contribution >= 4 is 39.7 Å². The first-order valence-corrected chi connectivity index (χ1v) is 24.9. The molecule has 2 aromatic heterocycles. The van der Waals surface area contributed by atoms with Crippen molar-refractivity contribution in [2.45, 2.75) is 109 Å². The number of fused-ring (bicyclic) bond motifs is 2. The van der Waals surface area contributed by atoms with E-state index in [4.69, 9.17) is 19.3 Å². The number of urea groups is 1. The van der Waals surface area contributed by atoms with E-state index in [0.717, 1.165) is 110 Å². The molecule has 15 nitrogen and oxygen atoms in total. The summed E-state index contributed by atoms with van der Waals surface area (Å²) in [6.45, 7) is 16.4. The van der Waals surface area contributed by atoms with E-state index in [2.05, 4.69) is 35.3 Å².